The molecule has 0 amide bonds. The standard InChI is InChI=1S/C24H32N6O3S/c1-16-23(17(2)33-28-16)21-13-22(29-8-10-30(34-4)11-9-29)27-24(26-21)18-6-5-7-20(12-18)32-15-19(31)14-25-3/h5-7,12-13,19,25,31H,8-11,14-15H2,1-4H3. The van der Waals surface area contributed by atoms with E-state index in [0.717, 1.165) is 60.3 Å². The minimum Gasteiger partial charge on any atom is -0.491 e. The lowest BCUT2D eigenvalue weighted by Gasteiger charge is -2.34. The van der Waals surface area contributed by atoms with Crippen molar-refractivity contribution in [1.82, 2.24) is 24.7 Å². The first-order valence-electron chi connectivity index (χ1n) is 11.4. The van der Waals surface area contributed by atoms with Gasteiger partial charge in [-0.3, -0.25) is 0 Å². The molecule has 34 heavy (non-hydrogen) atoms. The summed E-state index contributed by atoms with van der Waals surface area (Å²) in [5.74, 6) is 2.89. The number of hydrogen-bond donors (Lipinski definition) is 2. The first-order valence-corrected chi connectivity index (χ1v) is 12.6. The number of aliphatic hydroxyl groups excluding tert-OH is 1. The highest BCUT2D eigenvalue weighted by Gasteiger charge is 2.22. The van der Waals surface area contributed by atoms with Crippen LogP contribution in [-0.2, 0) is 0 Å². The summed E-state index contributed by atoms with van der Waals surface area (Å²) in [4.78, 5) is 12.1. The van der Waals surface area contributed by atoms with Crippen LogP contribution in [0, 0.1) is 13.8 Å². The zero-order valence-corrected chi connectivity index (χ0v) is 20.9. The fourth-order valence-corrected chi connectivity index (χ4v) is 4.54. The van der Waals surface area contributed by atoms with Gasteiger partial charge in [0.2, 0.25) is 0 Å². The molecule has 0 radical (unpaired) electrons. The smallest absolute Gasteiger partial charge is 0.162 e. The number of aromatic nitrogens is 3. The molecule has 1 aromatic carbocycles. The largest absolute Gasteiger partial charge is 0.491 e. The van der Waals surface area contributed by atoms with Gasteiger partial charge in [0.15, 0.2) is 5.82 Å². The SMILES string of the molecule is CNCC(O)COc1cccc(-c2nc(-c3c(C)noc3C)cc(N3CCN(SC)CC3)n2)c1. The summed E-state index contributed by atoms with van der Waals surface area (Å²) in [6.45, 7) is 8.23. The number of aryl methyl sites for hydroxylation is 2. The van der Waals surface area contributed by atoms with Crippen molar-refractivity contribution >= 4 is 17.8 Å². The van der Waals surface area contributed by atoms with Crippen molar-refractivity contribution in [3.8, 4) is 28.4 Å². The lowest BCUT2D eigenvalue weighted by atomic mass is 10.1. The van der Waals surface area contributed by atoms with Gasteiger partial charge in [-0.25, -0.2) is 14.3 Å². The number of ether oxygens (including phenoxy) is 1. The van der Waals surface area contributed by atoms with Crippen molar-refractivity contribution < 1.29 is 14.4 Å². The van der Waals surface area contributed by atoms with Crippen LogP contribution < -0.4 is 15.0 Å². The first-order chi connectivity index (χ1) is 16.5. The second-order valence-corrected chi connectivity index (χ2v) is 9.16. The monoisotopic (exact) mass is 484 g/mol. The maximum absolute atomic E-state index is 9.97. The molecule has 1 fully saturated rings. The van der Waals surface area contributed by atoms with E-state index in [1.165, 1.54) is 0 Å². The van der Waals surface area contributed by atoms with Gasteiger partial charge in [-0.05, 0) is 39.3 Å². The second kappa shape index (κ2) is 11.2. The van der Waals surface area contributed by atoms with E-state index in [9.17, 15) is 5.11 Å². The molecule has 1 aliphatic rings. The number of piperazine rings is 1. The molecule has 9 nitrogen and oxygen atoms in total. The molecule has 1 atom stereocenters. The minimum atomic E-state index is -0.584. The lowest BCUT2D eigenvalue weighted by Crippen LogP contribution is -2.43. The topological polar surface area (TPSA) is 99.8 Å². The number of rotatable bonds is 9. The van der Waals surface area contributed by atoms with Crippen LogP contribution in [0.3, 0.4) is 0 Å². The van der Waals surface area contributed by atoms with Crippen molar-refractivity contribution in [3.05, 3.63) is 41.8 Å². The number of nitrogens with one attached hydrogen (secondary N) is 1. The van der Waals surface area contributed by atoms with Gasteiger partial charge in [0, 0.05) is 44.4 Å². The van der Waals surface area contributed by atoms with Crippen molar-refractivity contribution in [1.29, 1.82) is 0 Å². The predicted octanol–water partition coefficient (Wildman–Crippen LogP) is 2.77. The van der Waals surface area contributed by atoms with Gasteiger partial charge in [-0.2, -0.15) is 0 Å². The molecule has 10 heteroatoms. The van der Waals surface area contributed by atoms with Gasteiger partial charge in [0.25, 0.3) is 0 Å². The third-order valence-electron chi connectivity index (χ3n) is 5.80. The van der Waals surface area contributed by atoms with Crippen molar-refractivity contribution in [3.63, 3.8) is 0 Å². The zero-order chi connectivity index (χ0) is 24.1. The highest BCUT2D eigenvalue weighted by atomic mass is 32.2. The molecular weight excluding hydrogens is 452 g/mol. The summed E-state index contributed by atoms with van der Waals surface area (Å²) in [5.41, 5.74) is 3.34. The maximum atomic E-state index is 9.97. The van der Waals surface area contributed by atoms with Gasteiger partial charge < -0.3 is 24.6 Å². The fraction of sp³-hybridized carbons (Fsp3) is 0.458. The Labute approximate surface area is 204 Å². The molecule has 1 unspecified atom stereocenters. The molecule has 1 aliphatic heterocycles. The number of likely N-dealkylation sites (N-methyl/N-ethyl adjacent to an activating group) is 1. The van der Waals surface area contributed by atoms with E-state index in [1.54, 1.807) is 19.0 Å². The quantitative estimate of drug-likeness (QED) is 0.441. The summed E-state index contributed by atoms with van der Waals surface area (Å²) < 4.78 is 13.6. The Bertz CT molecular complexity index is 1080. The summed E-state index contributed by atoms with van der Waals surface area (Å²) in [6, 6.07) is 9.69. The Morgan fingerprint density at radius 3 is 2.65 bits per heavy atom. The summed E-state index contributed by atoms with van der Waals surface area (Å²) in [5, 5.41) is 17.0. The normalized spacial score (nSPS) is 15.5. The summed E-state index contributed by atoms with van der Waals surface area (Å²) in [7, 11) is 1.80. The van der Waals surface area contributed by atoms with Gasteiger partial charge >= 0.3 is 0 Å². The lowest BCUT2D eigenvalue weighted by molar-refractivity contribution is 0.108. The molecule has 182 valence electrons. The Balaban J connectivity index is 1.68. The second-order valence-electron chi connectivity index (χ2n) is 8.28. The summed E-state index contributed by atoms with van der Waals surface area (Å²) in [6.07, 6.45) is 1.53. The average molecular weight is 485 g/mol. The van der Waals surface area contributed by atoms with E-state index in [-0.39, 0.29) is 6.61 Å². The van der Waals surface area contributed by atoms with E-state index in [4.69, 9.17) is 19.2 Å². The molecule has 4 rings (SSSR count). The van der Waals surface area contributed by atoms with Crippen molar-refractivity contribution in [2.75, 3.05) is 57.5 Å². The van der Waals surface area contributed by atoms with Crippen LogP contribution in [0.4, 0.5) is 5.82 Å². The maximum Gasteiger partial charge on any atom is 0.162 e. The number of aliphatic hydroxyl groups is 1. The van der Waals surface area contributed by atoms with Gasteiger partial charge in [0.1, 0.15) is 30.0 Å². The Kier molecular flexibility index (Phi) is 8.04. The van der Waals surface area contributed by atoms with E-state index < -0.39 is 6.10 Å². The van der Waals surface area contributed by atoms with E-state index >= 15 is 0 Å². The Hall–Kier alpha value is -2.66. The highest BCUT2D eigenvalue weighted by molar-refractivity contribution is 7.96. The first kappa shape index (κ1) is 24.5. The molecular formula is C24H32N6O3S. The van der Waals surface area contributed by atoms with Crippen LogP contribution in [0.2, 0.25) is 0 Å². The average Bonchev–Trinajstić information content (AvgIpc) is 3.20. The van der Waals surface area contributed by atoms with Gasteiger partial charge in [-0.1, -0.05) is 29.2 Å². The molecule has 0 spiro atoms. The number of nitrogens with zero attached hydrogens (tertiary/aromatic N) is 5. The van der Waals surface area contributed by atoms with Gasteiger partial charge in [-0.15, -0.1) is 0 Å². The molecule has 2 aromatic heterocycles. The van der Waals surface area contributed by atoms with Crippen LogP contribution >= 0.6 is 11.9 Å². The van der Waals surface area contributed by atoms with E-state index in [0.29, 0.717) is 18.1 Å². The molecule has 3 aromatic rings. The zero-order valence-electron chi connectivity index (χ0n) is 20.1. The van der Waals surface area contributed by atoms with E-state index in [1.807, 2.05) is 44.2 Å². The Morgan fingerprint density at radius 2 is 1.97 bits per heavy atom. The third kappa shape index (κ3) is 5.69. The highest BCUT2D eigenvalue weighted by Crippen LogP contribution is 2.31. The van der Waals surface area contributed by atoms with E-state index in [2.05, 4.69) is 25.9 Å². The number of anilines is 1. The molecule has 1 saturated heterocycles. The minimum absolute atomic E-state index is 0.204. The van der Waals surface area contributed by atoms with Crippen LogP contribution in [0.15, 0.2) is 34.9 Å². The summed E-state index contributed by atoms with van der Waals surface area (Å²) >= 11 is 1.78. The molecule has 0 aliphatic carbocycles. The Morgan fingerprint density at radius 1 is 1.18 bits per heavy atom. The predicted molar refractivity (Wildman–Crippen MR) is 135 cm³/mol. The third-order valence-corrected chi connectivity index (χ3v) is 6.68. The number of benzene rings is 1. The van der Waals surface area contributed by atoms with Crippen LogP contribution in [-0.4, -0.2) is 83.3 Å². The molecule has 3 heterocycles. The van der Waals surface area contributed by atoms with Gasteiger partial charge in [0.05, 0.1) is 17.0 Å². The van der Waals surface area contributed by atoms with Crippen molar-refractivity contribution in [2.45, 2.75) is 20.0 Å². The number of hydrogen-bond acceptors (Lipinski definition) is 10. The van der Waals surface area contributed by atoms with Crippen LogP contribution in [0.25, 0.3) is 22.6 Å². The van der Waals surface area contributed by atoms with Crippen molar-refractivity contribution in [2.24, 2.45) is 0 Å². The van der Waals surface area contributed by atoms with Crippen LogP contribution in [0.1, 0.15) is 11.5 Å². The molecule has 2 N–H and O–H groups in total. The fourth-order valence-electron chi connectivity index (χ4n) is 4.01. The molecule has 0 saturated carbocycles. The molecule has 0 bridgehead atoms. The van der Waals surface area contributed by atoms with Crippen LogP contribution in [0.5, 0.6) is 5.75 Å².